The first kappa shape index (κ1) is 33.9. The number of Topliss-reactive ketones (excluding diaryl/α,β-unsaturated/α-hetero) is 1. The molecular weight excluding hydrogens is 661 g/mol. The average molecular weight is 703 g/mol. The summed E-state index contributed by atoms with van der Waals surface area (Å²) < 4.78 is 0. The third-order valence-electron chi connectivity index (χ3n) is 5.81. The Morgan fingerprint density at radius 3 is 1.28 bits per heavy atom. The van der Waals surface area contributed by atoms with Gasteiger partial charge in [-0.05, 0) is 39.0 Å². The van der Waals surface area contributed by atoms with Crippen molar-refractivity contribution in [2.45, 2.75) is 80.1 Å². The number of ketones is 1. The van der Waals surface area contributed by atoms with Crippen molar-refractivity contribution in [1.82, 2.24) is 19.9 Å². The summed E-state index contributed by atoms with van der Waals surface area (Å²) in [5, 5.41) is 0. The molecule has 206 valence electrons. The molecule has 0 atom stereocenters. The molecule has 0 aliphatic heterocycles. The fourth-order valence-corrected chi connectivity index (χ4v) is 3.67. The minimum absolute atomic E-state index is 0. The summed E-state index contributed by atoms with van der Waals surface area (Å²) in [6, 6.07) is 20.3. The van der Waals surface area contributed by atoms with E-state index in [9.17, 15) is 4.79 Å². The molecule has 39 heavy (non-hydrogen) atoms. The van der Waals surface area contributed by atoms with Crippen molar-refractivity contribution in [2.24, 2.45) is 0 Å². The summed E-state index contributed by atoms with van der Waals surface area (Å²) in [6.07, 6.45) is 5.47. The molecule has 0 saturated carbocycles. The van der Waals surface area contributed by atoms with E-state index in [-0.39, 0.29) is 25.9 Å². The Balaban J connectivity index is 0.000000318. The van der Waals surface area contributed by atoms with E-state index in [1.807, 2.05) is 69.6 Å². The van der Waals surface area contributed by atoms with Crippen molar-refractivity contribution in [2.75, 3.05) is 0 Å². The number of aryl methyl sites for hydroxylation is 2. The maximum atomic E-state index is 10.0. The van der Waals surface area contributed by atoms with E-state index in [2.05, 4.69) is 71.9 Å². The zero-order chi connectivity index (χ0) is 28.1. The minimum atomic E-state index is 0. The van der Waals surface area contributed by atoms with Crippen molar-refractivity contribution in [1.29, 1.82) is 0 Å². The molecule has 2 heterocycles. The van der Waals surface area contributed by atoms with Gasteiger partial charge in [0.15, 0.2) is 0 Å². The third kappa shape index (κ3) is 11.3. The van der Waals surface area contributed by atoms with Gasteiger partial charge in [-0.2, -0.15) is 0 Å². The van der Waals surface area contributed by atoms with Crippen LogP contribution in [-0.4, -0.2) is 25.7 Å². The van der Waals surface area contributed by atoms with E-state index in [4.69, 9.17) is 0 Å². The molecule has 0 saturated heterocycles. The van der Waals surface area contributed by atoms with Crippen LogP contribution in [0.25, 0.3) is 22.5 Å². The van der Waals surface area contributed by atoms with Gasteiger partial charge in [0.2, 0.25) is 0 Å². The predicted molar refractivity (Wildman–Crippen MR) is 158 cm³/mol. The van der Waals surface area contributed by atoms with Crippen LogP contribution in [-0.2, 0) is 24.9 Å². The molecule has 0 radical (unpaired) electrons. The maximum absolute atomic E-state index is 10.0. The van der Waals surface area contributed by atoms with E-state index in [0.717, 1.165) is 58.1 Å². The Morgan fingerprint density at radius 2 is 1.05 bits per heavy atom. The Kier molecular flexibility index (Phi) is 15.2. The molecule has 2 aromatic heterocycles. The molecule has 4 rings (SSSR count). The number of nitrogens with zero attached hydrogens (tertiary/aromatic N) is 4. The first-order chi connectivity index (χ1) is 18.1. The number of benzene rings is 2. The Morgan fingerprint density at radius 1 is 0.692 bits per heavy atom. The van der Waals surface area contributed by atoms with E-state index in [0.29, 0.717) is 11.8 Å². The largest absolute Gasteiger partial charge is 3.00 e. The molecule has 0 fully saturated rings. The molecule has 0 aliphatic carbocycles. The monoisotopic (exact) mass is 703 g/mol. The zero-order valence-corrected chi connectivity index (χ0v) is 26.9. The van der Waals surface area contributed by atoms with Gasteiger partial charge < -0.3 is 4.79 Å². The van der Waals surface area contributed by atoms with Crippen molar-refractivity contribution in [3.05, 3.63) is 95.8 Å². The first-order valence-electron chi connectivity index (χ1n) is 13.4. The SMILES string of the molecule is CCCC(C)=O.Cc1nc(C(C)C)cnc1-c1ccccc1.Cc1nc(C(C)C)cnc1-c1ccccc1.[Ir+3]. The van der Waals surface area contributed by atoms with Crippen LogP contribution in [0.5, 0.6) is 0 Å². The predicted octanol–water partition coefficient (Wildman–Crippen LogP) is 8.52. The summed E-state index contributed by atoms with van der Waals surface area (Å²) in [5.41, 5.74) is 8.31. The van der Waals surface area contributed by atoms with Crippen LogP contribution in [0.2, 0.25) is 0 Å². The number of aromatic nitrogens is 4. The van der Waals surface area contributed by atoms with Gasteiger partial charge in [0.1, 0.15) is 5.78 Å². The smallest absolute Gasteiger partial charge is 0.300 e. The van der Waals surface area contributed by atoms with E-state index >= 15 is 0 Å². The molecule has 2 aromatic carbocycles. The Bertz CT molecular complexity index is 1180. The van der Waals surface area contributed by atoms with Gasteiger partial charge in [0.05, 0.1) is 34.2 Å². The summed E-state index contributed by atoms with van der Waals surface area (Å²) >= 11 is 0. The van der Waals surface area contributed by atoms with Gasteiger partial charge in [0.25, 0.3) is 0 Å². The van der Waals surface area contributed by atoms with Gasteiger partial charge in [0, 0.05) is 29.9 Å². The topological polar surface area (TPSA) is 68.6 Å². The second-order valence-corrected chi connectivity index (χ2v) is 9.95. The number of hydrogen-bond donors (Lipinski definition) is 0. The molecule has 4 aromatic rings. The molecular formula is C33H42IrN4O+3. The van der Waals surface area contributed by atoms with Crippen molar-refractivity contribution in [3.63, 3.8) is 0 Å². The second-order valence-electron chi connectivity index (χ2n) is 9.95. The average Bonchev–Trinajstić information content (AvgIpc) is 2.90. The van der Waals surface area contributed by atoms with Gasteiger partial charge in [-0.1, -0.05) is 95.3 Å². The molecule has 6 heteroatoms. The summed E-state index contributed by atoms with van der Waals surface area (Å²) in [6.45, 7) is 16.2. The molecule has 5 nitrogen and oxygen atoms in total. The number of rotatable bonds is 6. The van der Waals surface area contributed by atoms with Crippen LogP contribution in [0.15, 0.2) is 73.1 Å². The van der Waals surface area contributed by atoms with Gasteiger partial charge in [-0.15, -0.1) is 0 Å². The first-order valence-corrected chi connectivity index (χ1v) is 13.4. The Labute approximate surface area is 248 Å². The van der Waals surface area contributed by atoms with E-state index < -0.39 is 0 Å². The third-order valence-corrected chi connectivity index (χ3v) is 5.81. The molecule has 0 spiro atoms. The summed E-state index contributed by atoms with van der Waals surface area (Å²) in [7, 11) is 0. The van der Waals surface area contributed by atoms with Gasteiger partial charge >= 0.3 is 20.1 Å². The van der Waals surface area contributed by atoms with Crippen LogP contribution in [0, 0.1) is 13.8 Å². The van der Waals surface area contributed by atoms with E-state index in [1.165, 1.54) is 0 Å². The van der Waals surface area contributed by atoms with Gasteiger partial charge in [-0.25, -0.2) is 0 Å². The zero-order valence-electron chi connectivity index (χ0n) is 24.5. The second kappa shape index (κ2) is 17.5. The van der Waals surface area contributed by atoms with Crippen LogP contribution < -0.4 is 0 Å². The van der Waals surface area contributed by atoms with Crippen LogP contribution in [0.1, 0.15) is 89.0 Å². The molecule has 0 bridgehead atoms. The number of hydrogen-bond acceptors (Lipinski definition) is 5. The normalized spacial score (nSPS) is 10.1. The number of carbonyl (C=O) groups excluding carboxylic acids is 1. The molecule has 0 aliphatic rings. The Hall–Kier alpha value is -3.08. The number of carbonyl (C=O) groups is 1. The van der Waals surface area contributed by atoms with Crippen LogP contribution in [0.4, 0.5) is 0 Å². The van der Waals surface area contributed by atoms with E-state index in [1.54, 1.807) is 6.92 Å². The fraction of sp³-hybridized carbons (Fsp3) is 0.364. The molecule has 0 unspecified atom stereocenters. The molecule has 0 N–H and O–H groups in total. The van der Waals surface area contributed by atoms with Crippen molar-refractivity contribution in [3.8, 4) is 22.5 Å². The van der Waals surface area contributed by atoms with Crippen molar-refractivity contribution >= 4 is 5.78 Å². The van der Waals surface area contributed by atoms with Crippen molar-refractivity contribution < 1.29 is 24.9 Å². The minimum Gasteiger partial charge on any atom is -0.300 e. The van der Waals surface area contributed by atoms with Gasteiger partial charge in [-0.3, -0.25) is 19.9 Å². The summed E-state index contributed by atoms with van der Waals surface area (Å²) in [5.74, 6) is 1.14. The molecule has 0 amide bonds. The quantitative estimate of drug-likeness (QED) is 0.202. The van der Waals surface area contributed by atoms with Crippen LogP contribution in [0.3, 0.4) is 0 Å². The standard InChI is InChI=1S/2C14H16N2.C5H10O.Ir/c2*1-10(2)13-9-15-14(11(3)16-13)12-7-5-4-6-8-12;1-3-4-5(2)6;/h2*4-10H,1-3H3;3-4H2,1-2H3;/q;;;+3. The maximum Gasteiger partial charge on any atom is 3.00 e. The fourth-order valence-electron chi connectivity index (χ4n) is 3.67. The van der Waals surface area contributed by atoms with Crippen LogP contribution >= 0.6 is 0 Å². The summed E-state index contributed by atoms with van der Waals surface area (Å²) in [4.78, 5) is 28.2.